The molecule has 0 aromatic carbocycles. The topological polar surface area (TPSA) is 132 Å². The smallest absolute Gasteiger partial charge is 0.210 e. The van der Waals surface area contributed by atoms with Crippen molar-refractivity contribution in [2.75, 3.05) is 6.54 Å². The van der Waals surface area contributed by atoms with Gasteiger partial charge in [-0.2, -0.15) is 0 Å². The van der Waals surface area contributed by atoms with Gasteiger partial charge < -0.3 is 31.9 Å². The molecule has 0 amide bonds. The molecule has 0 unspecified atom stereocenters. The Kier molecular flexibility index (Phi) is 2.09. The van der Waals surface area contributed by atoms with E-state index in [1.807, 2.05) is 6.92 Å². The van der Waals surface area contributed by atoms with Crippen LogP contribution in [0.1, 0.15) is 19.8 Å². The Bertz CT molecular complexity index is 448. The van der Waals surface area contributed by atoms with Crippen LogP contribution < -0.4 is 16.8 Å². The van der Waals surface area contributed by atoms with Crippen LogP contribution in [0.2, 0.25) is 0 Å². The highest BCUT2D eigenvalue weighted by Crippen LogP contribution is 2.44. The molecule has 1 spiro atoms. The van der Waals surface area contributed by atoms with E-state index in [2.05, 4.69) is 15.3 Å². The van der Waals surface area contributed by atoms with Crippen molar-refractivity contribution in [1.29, 1.82) is 0 Å². The molecule has 7 N–H and O–H groups in total. The molecule has 18 heavy (non-hydrogen) atoms. The summed E-state index contributed by atoms with van der Waals surface area (Å²) in [6.07, 6.45) is 0.876. The van der Waals surface area contributed by atoms with Gasteiger partial charge >= 0.3 is 0 Å². The van der Waals surface area contributed by atoms with Crippen LogP contribution in [0.5, 0.6) is 0 Å². The number of hydrogen-bond acceptors (Lipinski definition) is 8. The van der Waals surface area contributed by atoms with Gasteiger partial charge in [0.2, 0.25) is 5.79 Å². The van der Waals surface area contributed by atoms with E-state index in [0.717, 1.165) is 0 Å². The van der Waals surface area contributed by atoms with Gasteiger partial charge in [-0.15, -0.1) is 0 Å². The van der Waals surface area contributed by atoms with E-state index in [0.29, 0.717) is 18.9 Å². The minimum absolute atomic E-state index is 0.173. The second-order valence-electron chi connectivity index (χ2n) is 5.03. The second kappa shape index (κ2) is 3.27. The van der Waals surface area contributed by atoms with Crippen LogP contribution in [-0.4, -0.2) is 57.1 Å². The molecule has 0 bridgehead atoms. The summed E-state index contributed by atoms with van der Waals surface area (Å²) in [5.41, 5.74) is 10.5. The maximum atomic E-state index is 10.3. The van der Waals surface area contributed by atoms with E-state index in [1.165, 1.54) is 0 Å². The first-order valence-corrected chi connectivity index (χ1v) is 6.09. The van der Waals surface area contributed by atoms with Gasteiger partial charge in [0.05, 0.1) is 6.04 Å². The summed E-state index contributed by atoms with van der Waals surface area (Å²) in [6, 6.07) is -0.640. The Hall–Kier alpha value is -1.54. The largest absolute Gasteiger partial charge is 0.370 e. The normalized spacial score (nSPS) is 40.7. The third-order valence-corrected chi connectivity index (χ3v) is 4.10. The Morgan fingerprint density at radius 1 is 1.44 bits per heavy atom. The van der Waals surface area contributed by atoms with E-state index in [9.17, 15) is 10.2 Å². The molecular weight excluding hydrogens is 236 g/mol. The molecule has 0 aromatic rings. The van der Waals surface area contributed by atoms with Crippen molar-refractivity contribution in [2.24, 2.45) is 21.5 Å². The number of nitrogens with zero attached hydrogens (tertiary/aromatic N) is 3. The Morgan fingerprint density at radius 3 is 2.83 bits per heavy atom. The van der Waals surface area contributed by atoms with E-state index in [4.69, 9.17) is 11.5 Å². The van der Waals surface area contributed by atoms with Gasteiger partial charge in [0.15, 0.2) is 17.6 Å². The molecule has 0 saturated carbocycles. The average molecular weight is 254 g/mol. The third kappa shape index (κ3) is 1.12. The van der Waals surface area contributed by atoms with E-state index in [1.54, 1.807) is 4.90 Å². The van der Waals surface area contributed by atoms with Crippen molar-refractivity contribution >= 4 is 11.9 Å². The zero-order valence-electron chi connectivity index (χ0n) is 10.2. The van der Waals surface area contributed by atoms with E-state index < -0.39 is 17.5 Å². The minimum atomic E-state index is -1.93. The summed E-state index contributed by atoms with van der Waals surface area (Å²) in [6.45, 7) is 2.37. The molecule has 0 aliphatic carbocycles. The van der Waals surface area contributed by atoms with Crippen molar-refractivity contribution < 1.29 is 10.2 Å². The molecule has 3 aliphatic heterocycles. The van der Waals surface area contributed by atoms with Crippen LogP contribution in [0.3, 0.4) is 0 Å². The van der Waals surface area contributed by atoms with Crippen LogP contribution in [0.15, 0.2) is 9.98 Å². The Labute approximate surface area is 104 Å². The summed E-state index contributed by atoms with van der Waals surface area (Å²) in [5, 5.41) is 23.5. The number of guanidine groups is 2. The molecule has 3 heterocycles. The fourth-order valence-electron chi connectivity index (χ4n) is 3.24. The lowest BCUT2D eigenvalue weighted by Crippen LogP contribution is -2.76. The monoisotopic (exact) mass is 254 g/mol. The molecule has 3 rings (SSSR count). The van der Waals surface area contributed by atoms with Gasteiger partial charge in [-0.05, 0) is 6.42 Å². The highest BCUT2D eigenvalue weighted by atomic mass is 16.5. The van der Waals surface area contributed by atoms with E-state index in [-0.39, 0.29) is 18.4 Å². The minimum Gasteiger partial charge on any atom is -0.370 e. The maximum absolute atomic E-state index is 10.3. The molecule has 0 radical (unpaired) electrons. The fourth-order valence-corrected chi connectivity index (χ4v) is 3.24. The van der Waals surface area contributed by atoms with Crippen LogP contribution in [0, 0.1) is 0 Å². The maximum Gasteiger partial charge on any atom is 0.210 e. The molecule has 0 aromatic heterocycles. The first-order chi connectivity index (χ1) is 8.42. The molecule has 1 fully saturated rings. The number of aliphatic imine (C=N–C) groups is 2. The lowest BCUT2D eigenvalue weighted by atomic mass is 9.85. The highest BCUT2D eigenvalue weighted by Gasteiger charge is 2.69. The molecular formula is C10H18N6O2. The van der Waals surface area contributed by atoms with Crippen LogP contribution >= 0.6 is 0 Å². The average Bonchev–Trinajstić information content (AvgIpc) is 2.77. The fraction of sp³-hybridized carbons (Fsp3) is 0.800. The summed E-state index contributed by atoms with van der Waals surface area (Å²) in [4.78, 5) is 10.3. The van der Waals surface area contributed by atoms with Crippen LogP contribution in [0.25, 0.3) is 0 Å². The van der Waals surface area contributed by atoms with Crippen molar-refractivity contribution in [1.82, 2.24) is 10.2 Å². The lowest BCUT2D eigenvalue weighted by Gasteiger charge is -2.48. The first kappa shape index (κ1) is 11.5. The van der Waals surface area contributed by atoms with Crippen molar-refractivity contribution in [3.8, 4) is 0 Å². The number of nitrogens with one attached hydrogen (secondary N) is 1. The quantitative estimate of drug-likeness (QED) is 0.328. The van der Waals surface area contributed by atoms with Crippen molar-refractivity contribution in [2.45, 2.75) is 43.3 Å². The zero-order chi connectivity index (χ0) is 13.1. The van der Waals surface area contributed by atoms with Crippen molar-refractivity contribution in [3.63, 3.8) is 0 Å². The lowest BCUT2D eigenvalue weighted by molar-refractivity contribution is -0.221. The molecule has 8 heteroatoms. The summed E-state index contributed by atoms with van der Waals surface area (Å²) in [7, 11) is 0. The highest BCUT2D eigenvalue weighted by molar-refractivity contribution is 5.87. The molecule has 100 valence electrons. The number of hydrogen-bond donors (Lipinski definition) is 5. The standard InChI is InChI=1S/C10H18N6O2/c1-2-5-6-10(15-7(11)14-6)9(17,18)3-4-16(10)8(12)13-5/h5-6,17-18H,2-4H2,1H3,(H2,12,13)(H3,11,14,15)/t5-,6+,10+/m1/s1. The van der Waals surface area contributed by atoms with Gasteiger partial charge in [-0.25, -0.2) is 9.98 Å². The van der Waals surface area contributed by atoms with Gasteiger partial charge in [-0.1, -0.05) is 6.92 Å². The van der Waals surface area contributed by atoms with Gasteiger partial charge in [0, 0.05) is 13.0 Å². The van der Waals surface area contributed by atoms with Gasteiger partial charge in [0.1, 0.15) is 6.04 Å². The zero-order valence-corrected chi connectivity index (χ0v) is 10.2. The Balaban J connectivity index is 2.15. The third-order valence-electron chi connectivity index (χ3n) is 4.10. The summed E-state index contributed by atoms with van der Waals surface area (Å²) >= 11 is 0. The molecule has 8 nitrogen and oxygen atoms in total. The molecule has 1 saturated heterocycles. The molecule has 3 aliphatic rings. The molecule has 3 atom stereocenters. The van der Waals surface area contributed by atoms with Crippen molar-refractivity contribution in [3.05, 3.63) is 0 Å². The first-order valence-electron chi connectivity index (χ1n) is 6.09. The number of rotatable bonds is 1. The number of aliphatic hydroxyl groups is 2. The second-order valence-corrected chi connectivity index (χ2v) is 5.03. The van der Waals surface area contributed by atoms with Gasteiger partial charge in [0.25, 0.3) is 0 Å². The van der Waals surface area contributed by atoms with Crippen LogP contribution in [-0.2, 0) is 0 Å². The Morgan fingerprint density at radius 2 is 2.17 bits per heavy atom. The predicted octanol–water partition coefficient (Wildman–Crippen LogP) is -2.54. The van der Waals surface area contributed by atoms with E-state index >= 15 is 0 Å². The SMILES string of the molecule is CC[C@H]1N=C(N)N2CCC(O)(O)[C@@]23NC(N)=N[C@@H]13. The van der Waals surface area contributed by atoms with Gasteiger partial charge in [-0.3, -0.25) is 0 Å². The van der Waals surface area contributed by atoms with Crippen LogP contribution in [0.4, 0.5) is 0 Å². The number of nitrogens with two attached hydrogens (primary N) is 2. The summed E-state index contributed by atoms with van der Waals surface area (Å²) < 4.78 is 0. The predicted molar refractivity (Wildman–Crippen MR) is 65.5 cm³/mol. The summed E-state index contributed by atoms with van der Waals surface area (Å²) in [5.74, 6) is -1.43.